The van der Waals surface area contributed by atoms with E-state index in [9.17, 15) is 4.79 Å². The van der Waals surface area contributed by atoms with Crippen LogP contribution in [0.15, 0.2) is 24.3 Å². The molecule has 2 aromatic rings. The predicted octanol–water partition coefficient (Wildman–Crippen LogP) is 1.29. The molecule has 2 N–H and O–H groups in total. The molecule has 5 heteroatoms. The normalized spacial score (nSPS) is 9.69. The molecule has 16 heavy (non-hydrogen) atoms. The standard InChI is InChI=1S/C11H7N3OS/c1-2-7-4-3-5-8(6-7)10-13-11(9(12)15)16-14-10/h1,3-6H,(H2,12,15). The number of nitrogens with two attached hydrogens (primary N) is 1. The predicted molar refractivity (Wildman–Crippen MR) is 61.8 cm³/mol. The van der Waals surface area contributed by atoms with Gasteiger partial charge in [-0.2, -0.15) is 4.37 Å². The summed E-state index contributed by atoms with van der Waals surface area (Å²) in [5, 5.41) is 0.195. The Morgan fingerprint density at radius 2 is 2.31 bits per heavy atom. The van der Waals surface area contributed by atoms with E-state index < -0.39 is 5.91 Å². The van der Waals surface area contributed by atoms with Gasteiger partial charge in [-0.25, -0.2) is 4.98 Å². The van der Waals surface area contributed by atoms with Crippen molar-refractivity contribution in [3.8, 4) is 23.7 Å². The fourth-order valence-corrected chi connectivity index (χ4v) is 1.73. The Hall–Kier alpha value is -2.19. The second-order valence-corrected chi connectivity index (χ2v) is 3.76. The number of terminal acetylenes is 1. The van der Waals surface area contributed by atoms with Gasteiger partial charge in [0.2, 0.25) is 5.01 Å². The van der Waals surface area contributed by atoms with E-state index >= 15 is 0 Å². The molecule has 0 aliphatic carbocycles. The van der Waals surface area contributed by atoms with Gasteiger partial charge >= 0.3 is 0 Å². The van der Waals surface area contributed by atoms with Crippen molar-refractivity contribution < 1.29 is 4.79 Å². The van der Waals surface area contributed by atoms with Crippen LogP contribution >= 0.6 is 11.5 Å². The average molecular weight is 229 g/mol. The highest BCUT2D eigenvalue weighted by atomic mass is 32.1. The van der Waals surface area contributed by atoms with Gasteiger partial charge in [0.05, 0.1) is 0 Å². The van der Waals surface area contributed by atoms with Gasteiger partial charge in [0.1, 0.15) is 0 Å². The summed E-state index contributed by atoms with van der Waals surface area (Å²) in [6.07, 6.45) is 5.29. The maximum Gasteiger partial charge on any atom is 0.279 e. The van der Waals surface area contributed by atoms with Crippen LogP contribution in [0.2, 0.25) is 0 Å². The molecule has 2 rings (SSSR count). The number of hydrogen-bond acceptors (Lipinski definition) is 4. The van der Waals surface area contributed by atoms with Crippen LogP contribution < -0.4 is 5.73 Å². The van der Waals surface area contributed by atoms with Crippen LogP contribution in [0.4, 0.5) is 0 Å². The number of primary amides is 1. The first-order valence-electron chi connectivity index (χ1n) is 4.41. The van der Waals surface area contributed by atoms with E-state index in [1.807, 2.05) is 18.2 Å². The van der Waals surface area contributed by atoms with Crippen molar-refractivity contribution in [1.82, 2.24) is 9.36 Å². The van der Waals surface area contributed by atoms with Crippen molar-refractivity contribution in [1.29, 1.82) is 0 Å². The van der Waals surface area contributed by atoms with Crippen LogP contribution in [0.25, 0.3) is 11.4 Å². The summed E-state index contributed by atoms with van der Waals surface area (Å²) in [5.74, 6) is 2.42. The topological polar surface area (TPSA) is 68.9 Å². The molecule has 1 heterocycles. The lowest BCUT2D eigenvalue weighted by Crippen LogP contribution is -2.10. The molecular weight excluding hydrogens is 222 g/mol. The molecule has 0 spiro atoms. The molecule has 0 saturated heterocycles. The van der Waals surface area contributed by atoms with Crippen molar-refractivity contribution in [2.75, 3.05) is 0 Å². The summed E-state index contributed by atoms with van der Waals surface area (Å²) in [4.78, 5) is 14.9. The lowest BCUT2D eigenvalue weighted by molar-refractivity contribution is 0.1000. The number of rotatable bonds is 2. The number of benzene rings is 1. The summed E-state index contributed by atoms with van der Waals surface area (Å²) >= 11 is 0.979. The van der Waals surface area contributed by atoms with Crippen molar-refractivity contribution in [3.05, 3.63) is 34.8 Å². The van der Waals surface area contributed by atoms with Crippen molar-refractivity contribution in [2.24, 2.45) is 5.73 Å². The average Bonchev–Trinajstić information content (AvgIpc) is 2.78. The third-order valence-corrected chi connectivity index (χ3v) is 2.65. The quantitative estimate of drug-likeness (QED) is 0.789. The largest absolute Gasteiger partial charge is 0.363 e. The molecule has 0 atom stereocenters. The summed E-state index contributed by atoms with van der Waals surface area (Å²) in [6.45, 7) is 0. The molecule has 78 valence electrons. The number of carbonyl (C=O) groups is 1. The Bertz CT molecular complexity index is 583. The minimum atomic E-state index is -0.572. The van der Waals surface area contributed by atoms with Crippen LogP contribution in [0, 0.1) is 12.3 Å². The monoisotopic (exact) mass is 229 g/mol. The first-order chi connectivity index (χ1) is 7.70. The third-order valence-electron chi connectivity index (χ3n) is 1.92. The van der Waals surface area contributed by atoms with Gasteiger partial charge in [0.15, 0.2) is 5.82 Å². The van der Waals surface area contributed by atoms with Gasteiger partial charge in [-0.3, -0.25) is 4.79 Å². The van der Waals surface area contributed by atoms with E-state index in [4.69, 9.17) is 12.2 Å². The van der Waals surface area contributed by atoms with Crippen LogP contribution in [0.1, 0.15) is 15.4 Å². The molecule has 1 aromatic carbocycles. The fraction of sp³-hybridized carbons (Fsp3) is 0. The summed E-state index contributed by atoms with van der Waals surface area (Å²) < 4.78 is 4.04. The number of hydrogen-bond donors (Lipinski definition) is 1. The lowest BCUT2D eigenvalue weighted by Gasteiger charge is -1.95. The van der Waals surface area contributed by atoms with Gasteiger partial charge < -0.3 is 5.73 Å². The van der Waals surface area contributed by atoms with E-state index in [0.29, 0.717) is 5.82 Å². The maximum atomic E-state index is 10.9. The Morgan fingerprint density at radius 1 is 1.50 bits per heavy atom. The van der Waals surface area contributed by atoms with E-state index in [1.54, 1.807) is 6.07 Å². The minimum Gasteiger partial charge on any atom is -0.363 e. The molecule has 0 fully saturated rings. The molecule has 0 radical (unpaired) electrons. The van der Waals surface area contributed by atoms with E-state index in [-0.39, 0.29) is 5.01 Å². The van der Waals surface area contributed by atoms with Crippen LogP contribution in [0.5, 0.6) is 0 Å². The van der Waals surface area contributed by atoms with Crippen LogP contribution in [-0.2, 0) is 0 Å². The number of amides is 1. The lowest BCUT2D eigenvalue weighted by atomic mass is 10.1. The SMILES string of the molecule is C#Cc1cccc(-c2nsc(C(N)=O)n2)c1. The van der Waals surface area contributed by atoms with Gasteiger partial charge in [-0.15, -0.1) is 6.42 Å². The van der Waals surface area contributed by atoms with E-state index in [0.717, 1.165) is 22.7 Å². The van der Waals surface area contributed by atoms with Crippen LogP contribution in [0.3, 0.4) is 0 Å². The Balaban J connectivity index is 2.43. The summed E-state index contributed by atoms with van der Waals surface area (Å²) in [5.41, 5.74) is 6.62. The molecular formula is C11H7N3OS. The molecule has 1 aromatic heterocycles. The van der Waals surface area contributed by atoms with E-state index in [2.05, 4.69) is 15.3 Å². The van der Waals surface area contributed by atoms with Crippen molar-refractivity contribution in [3.63, 3.8) is 0 Å². The number of nitrogens with zero attached hydrogens (tertiary/aromatic N) is 2. The number of aromatic nitrogens is 2. The Labute approximate surface area is 96.3 Å². The second kappa shape index (κ2) is 4.13. The zero-order valence-corrected chi connectivity index (χ0v) is 8.99. The van der Waals surface area contributed by atoms with Crippen molar-refractivity contribution in [2.45, 2.75) is 0 Å². The highest BCUT2D eigenvalue weighted by Crippen LogP contribution is 2.18. The van der Waals surface area contributed by atoms with Gasteiger partial charge in [0.25, 0.3) is 5.91 Å². The van der Waals surface area contributed by atoms with Gasteiger partial charge in [0, 0.05) is 11.1 Å². The Kier molecular flexibility index (Phi) is 2.66. The van der Waals surface area contributed by atoms with Gasteiger partial charge in [-0.1, -0.05) is 18.1 Å². The van der Waals surface area contributed by atoms with Crippen molar-refractivity contribution >= 4 is 17.4 Å². The van der Waals surface area contributed by atoms with E-state index in [1.165, 1.54) is 0 Å². The number of carbonyl (C=O) groups excluding carboxylic acids is 1. The highest BCUT2D eigenvalue weighted by Gasteiger charge is 2.10. The molecule has 0 aliphatic rings. The maximum absolute atomic E-state index is 10.9. The van der Waals surface area contributed by atoms with Gasteiger partial charge in [-0.05, 0) is 23.7 Å². The smallest absolute Gasteiger partial charge is 0.279 e. The summed E-state index contributed by atoms with van der Waals surface area (Å²) in [6, 6.07) is 7.24. The first-order valence-corrected chi connectivity index (χ1v) is 5.18. The molecule has 0 unspecified atom stereocenters. The Morgan fingerprint density at radius 3 is 2.94 bits per heavy atom. The fourth-order valence-electron chi connectivity index (χ4n) is 1.19. The highest BCUT2D eigenvalue weighted by molar-refractivity contribution is 7.07. The zero-order chi connectivity index (χ0) is 11.5. The minimum absolute atomic E-state index is 0.195. The molecule has 4 nitrogen and oxygen atoms in total. The first kappa shape index (κ1) is 10.3. The molecule has 0 bridgehead atoms. The third kappa shape index (κ3) is 1.92. The zero-order valence-electron chi connectivity index (χ0n) is 8.18. The van der Waals surface area contributed by atoms with Crippen LogP contribution in [-0.4, -0.2) is 15.3 Å². The second-order valence-electron chi connectivity index (χ2n) is 3.01. The summed E-state index contributed by atoms with van der Waals surface area (Å²) in [7, 11) is 0. The molecule has 0 aliphatic heterocycles. The molecule has 0 saturated carbocycles. The molecule has 1 amide bonds.